The Morgan fingerprint density at radius 3 is 2.73 bits per heavy atom. The largest absolute Gasteiger partial charge is 0.312 e. The fraction of sp³-hybridized carbons (Fsp3) is 0.250. The lowest BCUT2D eigenvalue weighted by Gasteiger charge is -2.03. The second kappa shape index (κ2) is 5.32. The number of aromatic nitrogens is 2. The molecule has 0 saturated carbocycles. The third-order valence-corrected chi connectivity index (χ3v) is 2.32. The molecule has 0 radical (unpaired) electrons. The molecule has 78 valence electrons. The summed E-state index contributed by atoms with van der Waals surface area (Å²) in [5, 5.41) is 10.1. The summed E-state index contributed by atoms with van der Waals surface area (Å²) in [6, 6.07) is 10.4. The zero-order valence-corrected chi connectivity index (χ0v) is 8.61. The van der Waals surface area contributed by atoms with Crippen LogP contribution >= 0.6 is 0 Å². The van der Waals surface area contributed by atoms with E-state index in [-0.39, 0.29) is 0 Å². The first kappa shape index (κ1) is 9.93. The second-order valence-electron chi connectivity index (χ2n) is 3.52. The Bertz CT molecular complexity index is 367. The van der Waals surface area contributed by atoms with Gasteiger partial charge in [0.05, 0.1) is 6.20 Å². The maximum Gasteiger partial charge on any atom is 0.0519 e. The number of benzene rings is 1. The smallest absolute Gasteiger partial charge is 0.0519 e. The molecule has 0 aliphatic rings. The lowest BCUT2D eigenvalue weighted by atomic mass is 10.2. The monoisotopic (exact) mass is 201 g/mol. The maximum atomic E-state index is 3.91. The molecule has 15 heavy (non-hydrogen) atoms. The number of nitrogens with one attached hydrogen (secondary N) is 2. The fourth-order valence-electron chi connectivity index (χ4n) is 1.48. The molecule has 1 aromatic heterocycles. The van der Waals surface area contributed by atoms with Crippen molar-refractivity contribution in [3.8, 4) is 0 Å². The van der Waals surface area contributed by atoms with Crippen molar-refractivity contribution in [2.45, 2.75) is 13.0 Å². The van der Waals surface area contributed by atoms with Crippen molar-refractivity contribution < 1.29 is 0 Å². The average molecular weight is 201 g/mol. The summed E-state index contributed by atoms with van der Waals surface area (Å²) in [6.07, 6.45) is 4.82. The van der Waals surface area contributed by atoms with E-state index in [4.69, 9.17) is 0 Å². The van der Waals surface area contributed by atoms with Gasteiger partial charge in [0.2, 0.25) is 0 Å². The number of hydrogen-bond donors (Lipinski definition) is 2. The van der Waals surface area contributed by atoms with Crippen LogP contribution < -0.4 is 5.32 Å². The van der Waals surface area contributed by atoms with Gasteiger partial charge in [0.1, 0.15) is 0 Å². The van der Waals surface area contributed by atoms with E-state index < -0.39 is 0 Å². The molecule has 0 amide bonds. The molecular weight excluding hydrogens is 186 g/mol. The predicted octanol–water partition coefficient (Wildman–Crippen LogP) is 1.74. The van der Waals surface area contributed by atoms with Gasteiger partial charge in [0, 0.05) is 12.7 Å². The van der Waals surface area contributed by atoms with Gasteiger partial charge in [-0.3, -0.25) is 5.10 Å². The molecule has 0 unspecified atom stereocenters. The Kier molecular flexibility index (Phi) is 3.52. The van der Waals surface area contributed by atoms with Crippen molar-refractivity contribution in [3.05, 3.63) is 53.9 Å². The minimum absolute atomic E-state index is 0.929. The molecule has 0 atom stereocenters. The average Bonchev–Trinajstić information content (AvgIpc) is 2.79. The molecule has 0 bridgehead atoms. The summed E-state index contributed by atoms with van der Waals surface area (Å²) in [7, 11) is 0. The molecule has 0 fully saturated rings. The summed E-state index contributed by atoms with van der Waals surface area (Å²) in [5.74, 6) is 0. The van der Waals surface area contributed by atoms with Crippen LogP contribution in [0.4, 0.5) is 0 Å². The van der Waals surface area contributed by atoms with Crippen LogP contribution in [0.2, 0.25) is 0 Å². The molecule has 3 nitrogen and oxygen atoms in total. The molecule has 0 spiro atoms. The van der Waals surface area contributed by atoms with Gasteiger partial charge < -0.3 is 5.32 Å². The topological polar surface area (TPSA) is 40.7 Å². The van der Waals surface area contributed by atoms with Gasteiger partial charge >= 0.3 is 0 Å². The van der Waals surface area contributed by atoms with E-state index in [2.05, 4.69) is 39.8 Å². The van der Waals surface area contributed by atoms with Gasteiger partial charge in [-0.2, -0.15) is 5.10 Å². The van der Waals surface area contributed by atoms with E-state index in [0.29, 0.717) is 0 Å². The first-order chi connectivity index (χ1) is 7.45. The SMILES string of the molecule is c1ccc(CNCCc2cn[nH]c2)cc1. The first-order valence-electron chi connectivity index (χ1n) is 5.17. The number of hydrogen-bond acceptors (Lipinski definition) is 2. The van der Waals surface area contributed by atoms with Crippen molar-refractivity contribution in [1.82, 2.24) is 15.5 Å². The quantitative estimate of drug-likeness (QED) is 0.723. The predicted molar refractivity (Wildman–Crippen MR) is 60.4 cm³/mol. The van der Waals surface area contributed by atoms with Gasteiger partial charge in [-0.05, 0) is 24.1 Å². The van der Waals surface area contributed by atoms with Crippen molar-refractivity contribution in [1.29, 1.82) is 0 Å². The Morgan fingerprint density at radius 2 is 2.00 bits per heavy atom. The Hall–Kier alpha value is -1.61. The lowest BCUT2D eigenvalue weighted by molar-refractivity contribution is 0.687. The summed E-state index contributed by atoms with van der Waals surface area (Å²) in [6.45, 7) is 1.91. The van der Waals surface area contributed by atoms with Crippen LogP contribution in [0.1, 0.15) is 11.1 Å². The number of rotatable bonds is 5. The van der Waals surface area contributed by atoms with Gasteiger partial charge in [0.25, 0.3) is 0 Å². The van der Waals surface area contributed by atoms with Crippen molar-refractivity contribution >= 4 is 0 Å². The Morgan fingerprint density at radius 1 is 1.13 bits per heavy atom. The zero-order valence-electron chi connectivity index (χ0n) is 8.61. The Balaban J connectivity index is 1.68. The fourth-order valence-corrected chi connectivity index (χ4v) is 1.48. The molecule has 1 heterocycles. The summed E-state index contributed by atoms with van der Waals surface area (Å²) in [4.78, 5) is 0. The van der Waals surface area contributed by atoms with Gasteiger partial charge in [-0.25, -0.2) is 0 Å². The van der Waals surface area contributed by atoms with Crippen molar-refractivity contribution in [2.24, 2.45) is 0 Å². The zero-order chi connectivity index (χ0) is 10.3. The highest BCUT2D eigenvalue weighted by atomic mass is 15.1. The summed E-state index contributed by atoms with van der Waals surface area (Å²) in [5.41, 5.74) is 2.57. The van der Waals surface area contributed by atoms with Crippen LogP contribution in [-0.4, -0.2) is 16.7 Å². The molecule has 1 aromatic carbocycles. The van der Waals surface area contributed by atoms with E-state index in [0.717, 1.165) is 19.5 Å². The third-order valence-electron chi connectivity index (χ3n) is 2.32. The molecule has 0 aliphatic carbocycles. The summed E-state index contributed by atoms with van der Waals surface area (Å²) >= 11 is 0. The van der Waals surface area contributed by atoms with Crippen LogP contribution in [0.25, 0.3) is 0 Å². The number of nitrogens with zero attached hydrogens (tertiary/aromatic N) is 1. The third kappa shape index (κ3) is 3.22. The normalized spacial score (nSPS) is 10.4. The minimum Gasteiger partial charge on any atom is -0.312 e. The van der Waals surface area contributed by atoms with Gasteiger partial charge in [-0.1, -0.05) is 30.3 Å². The molecular formula is C12H15N3. The summed E-state index contributed by atoms with van der Waals surface area (Å²) < 4.78 is 0. The van der Waals surface area contributed by atoms with E-state index in [9.17, 15) is 0 Å². The number of H-pyrrole nitrogens is 1. The number of aromatic amines is 1. The Labute approximate surface area is 89.5 Å². The van der Waals surface area contributed by atoms with E-state index in [1.54, 1.807) is 0 Å². The van der Waals surface area contributed by atoms with Crippen LogP contribution in [0.5, 0.6) is 0 Å². The highest BCUT2D eigenvalue weighted by Gasteiger charge is 1.94. The lowest BCUT2D eigenvalue weighted by Crippen LogP contribution is -2.16. The maximum absolute atomic E-state index is 3.91. The standard InChI is InChI=1S/C12H15N3/c1-2-4-11(5-3-1)8-13-7-6-12-9-14-15-10-12/h1-5,9-10,13H,6-8H2,(H,14,15). The molecule has 2 N–H and O–H groups in total. The van der Waals surface area contributed by atoms with Crippen LogP contribution in [0.3, 0.4) is 0 Å². The molecule has 2 rings (SSSR count). The highest BCUT2D eigenvalue weighted by Crippen LogP contribution is 1.98. The molecule has 0 saturated heterocycles. The van der Waals surface area contributed by atoms with Gasteiger partial charge in [-0.15, -0.1) is 0 Å². The highest BCUT2D eigenvalue weighted by molar-refractivity contribution is 5.14. The van der Waals surface area contributed by atoms with Gasteiger partial charge in [0.15, 0.2) is 0 Å². The van der Waals surface area contributed by atoms with E-state index in [1.807, 2.05) is 18.5 Å². The molecule has 2 aromatic rings. The van der Waals surface area contributed by atoms with E-state index in [1.165, 1.54) is 11.1 Å². The second-order valence-corrected chi connectivity index (χ2v) is 3.52. The van der Waals surface area contributed by atoms with Crippen LogP contribution in [0.15, 0.2) is 42.7 Å². The first-order valence-corrected chi connectivity index (χ1v) is 5.17. The van der Waals surface area contributed by atoms with Crippen LogP contribution in [-0.2, 0) is 13.0 Å². The van der Waals surface area contributed by atoms with Crippen molar-refractivity contribution in [2.75, 3.05) is 6.54 Å². The minimum atomic E-state index is 0.929. The molecule has 3 heteroatoms. The molecule has 0 aliphatic heterocycles. The van der Waals surface area contributed by atoms with Crippen molar-refractivity contribution in [3.63, 3.8) is 0 Å². The van der Waals surface area contributed by atoms with E-state index >= 15 is 0 Å². The van der Waals surface area contributed by atoms with Crippen LogP contribution in [0, 0.1) is 0 Å².